The van der Waals surface area contributed by atoms with Crippen LogP contribution >= 0.6 is 11.8 Å². The second-order valence-electron chi connectivity index (χ2n) is 6.82. The largest absolute Gasteiger partial charge is 0.497 e. The number of hydrogen-bond donors (Lipinski definition) is 1. The molecule has 0 fully saturated rings. The molecule has 1 aliphatic heterocycles. The Balaban J connectivity index is 1.52. The first-order chi connectivity index (χ1) is 14.7. The number of para-hydroxylation sites is 1. The molecule has 0 aliphatic carbocycles. The number of nitrogens with zero attached hydrogens (tertiary/aromatic N) is 2. The highest BCUT2D eigenvalue weighted by atomic mass is 32.2. The van der Waals surface area contributed by atoms with Crippen LogP contribution in [0.4, 0.5) is 5.82 Å². The molecule has 4 aromatic rings. The van der Waals surface area contributed by atoms with Crippen LogP contribution < -0.4 is 14.8 Å². The maximum atomic E-state index is 13.1. The summed E-state index contributed by atoms with van der Waals surface area (Å²) in [5, 5.41) is 8.55. The third-order valence-corrected chi connectivity index (χ3v) is 6.02. The number of rotatable bonds is 5. The highest BCUT2D eigenvalue weighted by Gasteiger charge is 2.26. The van der Waals surface area contributed by atoms with Crippen molar-refractivity contribution < 1.29 is 18.7 Å². The highest BCUT2D eigenvalue weighted by molar-refractivity contribution is 7.98. The summed E-state index contributed by atoms with van der Waals surface area (Å²) >= 11 is 1.78. The second kappa shape index (κ2) is 7.46. The van der Waals surface area contributed by atoms with Gasteiger partial charge in [-0.05, 0) is 36.4 Å². The fourth-order valence-electron chi connectivity index (χ4n) is 3.53. The van der Waals surface area contributed by atoms with E-state index >= 15 is 0 Å². The van der Waals surface area contributed by atoms with Gasteiger partial charge in [0.2, 0.25) is 0 Å². The summed E-state index contributed by atoms with van der Waals surface area (Å²) in [5.74, 6) is 3.53. The topological polar surface area (TPSA) is 78.5 Å². The first-order valence-corrected chi connectivity index (χ1v) is 10.5. The van der Waals surface area contributed by atoms with Crippen LogP contribution in [0.15, 0.2) is 52.9 Å². The lowest BCUT2D eigenvalue weighted by molar-refractivity contribution is 0.0997. The third kappa shape index (κ3) is 3.09. The standard InChI is InChI=1S/C22H19N3O4S/c1-27-15-8-6-14(7-9-15)25-21(16-11-30-12-17(16)24-25)23-22(26)19-10-13-4-3-5-18(28-2)20(13)29-19/h3-10H,11-12H2,1-2H3,(H,23,26). The highest BCUT2D eigenvalue weighted by Crippen LogP contribution is 2.37. The molecule has 0 spiro atoms. The molecule has 7 nitrogen and oxygen atoms in total. The number of methoxy groups -OCH3 is 2. The molecular formula is C22H19N3O4S. The smallest absolute Gasteiger partial charge is 0.292 e. The minimum absolute atomic E-state index is 0.219. The molecule has 0 atom stereocenters. The molecule has 8 heteroatoms. The molecule has 5 rings (SSSR count). The molecule has 0 saturated heterocycles. The first kappa shape index (κ1) is 18.6. The molecule has 0 bridgehead atoms. The van der Waals surface area contributed by atoms with E-state index < -0.39 is 0 Å². The number of aromatic nitrogens is 2. The summed E-state index contributed by atoms with van der Waals surface area (Å²) in [4.78, 5) is 13.1. The number of ether oxygens (including phenoxy) is 2. The van der Waals surface area contributed by atoms with Crippen molar-refractivity contribution in [1.29, 1.82) is 0 Å². The number of carbonyl (C=O) groups excluding carboxylic acids is 1. The summed E-state index contributed by atoms with van der Waals surface area (Å²) in [6.45, 7) is 0. The Morgan fingerprint density at radius 2 is 1.97 bits per heavy atom. The van der Waals surface area contributed by atoms with E-state index in [2.05, 4.69) is 5.32 Å². The lowest BCUT2D eigenvalue weighted by Gasteiger charge is -2.10. The minimum Gasteiger partial charge on any atom is -0.497 e. The van der Waals surface area contributed by atoms with Crippen LogP contribution in [0.25, 0.3) is 16.7 Å². The Hall–Kier alpha value is -3.39. The van der Waals surface area contributed by atoms with Crippen LogP contribution in [-0.4, -0.2) is 29.9 Å². The summed E-state index contributed by atoms with van der Waals surface area (Å²) in [5.41, 5.74) is 3.42. The second-order valence-corrected chi connectivity index (χ2v) is 7.81. The van der Waals surface area contributed by atoms with Gasteiger partial charge in [-0.1, -0.05) is 12.1 Å². The van der Waals surface area contributed by atoms with Gasteiger partial charge < -0.3 is 19.2 Å². The Kier molecular flexibility index (Phi) is 4.63. The molecule has 1 N–H and O–H groups in total. The van der Waals surface area contributed by atoms with Gasteiger partial charge in [-0.15, -0.1) is 0 Å². The van der Waals surface area contributed by atoms with Gasteiger partial charge in [-0.3, -0.25) is 4.79 Å². The van der Waals surface area contributed by atoms with Gasteiger partial charge in [0.15, 0.2) is 17.1 Å². The van der Waals surface area contributed by atoms with Gasteiger partial charge in [0.25, 0.3) is 5.91 Å². The van der Waals surface area contributed by atoms with Gasteiger partial charge >= 0.3 is 0 Å². The average molecular weight is 421 g/mol. The van der Waals surface area contributed by atoms with Crippen LogP contribution in [0.1, 0.15) is 21.8 Å². The number of benzene rings is 2. The molecule has 0 radical (unpaired) electrons. The third-order valence-electron chi connectivity index (χ3n) is 5.05. The van der Waals surface area contributed by atoms with Crippen LogP contribution in [0.3, 0.4) is 0 Å². The van der Waals surface area contributed by atoms with Crippen molar-refractivity contribution in [2.24, 2.45) is 0 Å². The van der Waals surface area contributed by atoms with Gasteiger partial charge in [0.05, 0.1) is 25.6 Å². The lowest BCUT2D eigenvalue weighted by atomic mass is 10.2. The van der Waals surface area contributed by atoms with Crippen molar-refractivity contribution in [3.63, 3.8) is 0 Å². The number of hydrogen-bond acceptors (Lipinski definition) is 6. The number of thioether (sulfide) groups is 1. The van der Waals surface area contributed by atoms with Crippen molar-refractivity contribution in [1.82, 2.24) is 9.78 Å². The number of furan rings is 1. The predicted molar refractivity (Wildman–Crippen MR) is 116 cm³/mol. The van der Waals surface area contributed by atoms with E-state index in [1.165, 1.54) is 0 Å². The molecule has 1 amide bonds. The van der Waals surface area contributed by atoms with E-state index in [0.717, 1.165) is 39.6 Å². The van der Waals surface area contributed by atoms with Crippen LogP contribution in [0.5, 0.6) is 11.5 Å². The molecule has 3 heterocycles. The van der Waals surface area contributed by atoms with Gasteiger partial charge in [-0.25, -0.2) is 4.68 Å². The molecule has 0 saturated carbocycles. The maximum Gasteiger partial charge on any atom is 0.292 e. The Morgan fingerprint density at radius 1 is 1.13 bits per heavy atom. The molecule has 152 valence electrons. The molecule has 30 heavy (non-hydrogen) atoms. The predicted octanol–water partition coefficient (Wildman–Crippen LogP) is 4.63. The van der Waals surface area contributed by atoms with E-state index in [1.54, 1.807) is 42.8 Å². The number of anilines is 1. The molecule has 2 aromatic carbocycles. The van der Waals surface area contributed by atoms with Crippen molar-refractivity contribution in [3.05, 3.63) is 65.5 Å². The van der Waals surface area contributed by atoms with Crippen LogP contribution in [0, 0.1) is 0 Å². The fourth-order valence-corrected chi connectivity index (χ4v) is 4.56. The summed E-state index contributed by atoms with van der Waals surface area (Å²) in [7, 11) is 3.20. The van der Waals surface area contributed by atoms with Crippen LogP contribution in [0.2, 0.25) is 0 Å². The quantitative estimate of drug-likeness (QED) is 0.506. The molecule has 2 aromatic heterocycles. The van der Waals surface area contributed by atoms with E-state index in [4.69, 9.17) is 19.0 Å². The van der Waals surface area contributed by atoms with Gasteiger partial charge in [-0.2, -0.15) is 16.9 Å². The van der Waals surface area contributed by atoms with E-state index in [1.807, 2.05) is 36.4 Å². The van der Waals surface area contributed by atoms with Crippen molar-refractivity contribution >= 4 is 34.5 Å². The number of carbonyl (C=O) groups is 1. The zero-order chi connectivity index (χ0) is 20.7. The van der Waals surface area contributed by atoms with Crippen LogP contribution in [-0.2, 0) is 11.5 Å². The summed E-state index contributed by atoms with van der Waals surface area (Å²) in [6.07, 6.45) is 0. The van der Waals surface area contributed by atoms with E-state index in [0.29, 0.717) is 17.2 Å². The van der Waals surface area contributed by atoms with Gasteiger partial charge in [0.1, 0.15) is 11.6 Å². The maximum absolute atomic E-state index is 13.1. The van der Waals surface area contributed by atoms with Gasteiger partial charge in [0, 0.05) is 22.5 Å². The summed E-state index contributed by atoms with van der Waals surface area (Å²) in [6, 6.07) is 14.8. The molecule has 1 aliphatic rings. The van der Waals surface area contributed by atoms with E-state index in [9.17, 15) is 4.79 Å². The number of nitrogens with one attached hydrogen (secondary N) is 1. The van der Waals surface area contributed by atoms with Crippen molar-refractivity contribution in [2.45, 2.75) is 11.5 Å². The van der Waals surface area contributed by atoms with Crippen molar-refractivity contribution in [2.75, 3.05) is 19.5 Å². The zero-order valence-corrected chi connectivity index (χ0v) is 17.3. The summed E-state index contributed by atoms with van der Waals surface area (Å²) < 4.78 is 18.1. The zero-order valence-electron chi connectivity index (χ0n) is 16.5. The Bertz CT molecular complexity index is 1240. The number of amides is 1. The normalized spacial score (nSPS) is 12.7. The van der Waals surface area contributed by atoms with Crippen molar-refractivity contribution in [3.8, 4) is 17.2 Å². The van der Waals surface area contributed by atoms with E-state index in [-0.39, 0.29) is 11.7 Å². The first-order valence-electron chi connectivity index (χ1n) is 9.39. The molecule has 0 unspecified atom stereocenters. The SMILES string of the molecule is COc1ccc(-n2nc3c(c2NC(=O)c2cc4cccc(OC)c4o2)CSC3)cc1. The minimum atomic E-state index is -0.331. The lowest BCUT2D eigenvalue weighted by Crippen LogP contribution is -2.15. The average Bonchev–Trinajstić information content (AvgIpc) is 3.49. The number of fused-ring (bicyclic) bond motifs is 2. The Morgan fingerprint density at radius 3 is 2.73 bits per heavy atom. The fraction of sp³-hybridized carbons (Fsp3) is 0.182. The monoisotopic (exact) mass is 421 g/mol. The Labute approximate surface area is 177 Å². The molecular weight excluding hydrogens is 402 g/mol.